The molecule has 0 spiro atoms. The van der Waals surface area contributed by atoms with E-state index < -0.39 is 5.97 Å². The number of carboxylic acids is 1. The molecule has 0 aromatic rings. The van der Waals surface area contributed by atoms with E-state index in [2.05, 4.69) is 31.9 Å². The molecule has 0 saturated carbocycles. The molecule has 0 saturated heterocycles. The molecule has 84 valence electrons. The first-order chi connectivity index (χ1) is 6.52. The number of carbonyl (C=O) groups is 1. The minimum atomic E-state index is -0.659. The summed E-state index contributed by atoms with van der Waals surface area (Å²) in [6, 6.07) is 0. The number of hydrogen-bond acceptors (Lipinski definition) is 1. The second-order valence-electron chi connectivity index (χ2n) is 3.66. The Morgan fingerprint density at radius 3 is 2.36 bits per heavy atom. The molecule has 0 fully saturated rings. The van der Waals surface area contributed by atoms with Crippen molar-refractivity contribution < 1.29 is 9.90 Å². The van der Waals surface area contributed by atoms with Gasteiger partial charge in [0.25, 0.3) is 0 Å². The Labute approximate surface area is 103 Å². The Morgan fingerprint density at radius 2 is 2.00 bits per heavy atom. The monoisotopic (exact) mass is 328 g/mol. The zero-order chi connectivity index (χ0) is 11.1. The number of halogens is 2. The van der Waals surface area contributed by atoms with Crippen molar-refractivity contribution in [3.05, 3.63) is 0 Å². The molecule has 0 aliphatic carbocycles. The average Bonchev–Trinajstić information content (AvgIpc) is 2.16. The van der Waals surface area contributed by atoms with E-state index in [1.165, 1.54) is 0 Å². The van der Waals surface area contributed by atoms with Crippen LogP contribution in [0, 0.1) is 11.8 Å². The first-order valence-corrected chi connectivity index (χ1v) is 6.99. The van der Waals surface area contributed by atoms with Crippen molar-refractivity contribution in [1.29, 1.82) is 0 Å². The van der Waals surface area contributed by atoms with Crippen LogP contribution in [0.4, 0.5) is 0 Å². The molecule has 0 aliphatic heterocycles. The molecule has 0 aromatic carbocycles. The van der Waals surface area contributed by atoms with Crippen LogP contribution in [0.25, 0.3) is 0 Å². The molecule has 3 unspecified atom stereocenters. The maximum absolute atomic E-state index is 11.0. The van der Waals surface area contributed by atoms with E-state index in [0.29, 0.717) is 4.83 Å². The van der Waals surface area contributed by atoms with Gasteiger partial charge in [0, 0.05) is 10.2 Å². The van der Waals surface area contributed by atoms with E-state index >= 15 is 0 Å². The Balaban J connectivity index is 4.04. The van der Waals surface area contributed by atoms with Crippen molar-refractivity contribution in [2.45, 2.75) is 37.9 Å². The van der Waals surface area contributed by atoms with Crippen molar-refractivity contribution in [1.82, 2.24) is 0 Å². The van der Waals surface area contributed by atoms with Gasteiger partial charge in [-0.1, -0.05) is 52.1 Å². The van der Waals surface area contributed by atoms with Crippen LogP contribution in [-0.2, 0) is 4.79 Å². The quantitative estimate of drug-likeness (QED) is 0.723. The largest absolute Gasteiger partial charge is 0.481 e. The van der Waals surface area contributed by atoms with Crippen molar-refractivity contribution >= 4 is 37.8 Å². The zero-order valence-corrected chi connectivity index (χ0v) is 11.8. The number of rotatable bonds is 7. The Bertz CT molecular complexity index is 174. The van der Waals surface area contributed by atoms with Gasteiger partial charge in [-0.25, -0.2) is 0 Å². The topological polar surface area (TPSA) is 37.3 Å². The van der Waals surface area contributed by atoms with E-state index in [4.69, 9.17) is 5.11 Å². The van der Waals surface area contributed by atoms with Crippen LogP contribution in [0.3, 0.4) is 0 Å². The molecule has 1 N–H and O–H groups in total. The van der Waals surface area contributed by atoms with Crippen LogP contribution in [-0.4, -0.2) is 21.2 Å². The van der Waals surface area contributed by atoms with E-state index in [1.54, 1.807) is 0 Å². The van der Waals surface area contributed by atoms with Crippen LogP contribution >= 0.6 is 31.9 Å². The van der Waals surface area contributed by atoms with Crippen molar-refractivity contribution in [3.63, 3.8) is 0 Å². The van der Waals surface area contributed by atoms with Crippen LogP contribution in [0.15, 0.2) is 0 Å². The zero-order valence-electron chi connectivity index (χ0n) is 8.67. The minimum absolute atomic E-state index is 0.195. The highest BCUT2D eigenvalue weighted by molar-refractivity contribution is 9.12. The highest BCUT2D eigenvalue weighted by Crippen LogP contribution is 2.23. The fourth-order valence-corrected chi connectivity index (χ4v) is 1.96. The van der Waals surface area contributed by atoms with Gasteiger partial charge in [-0.2, -0.15) is 0 Å². The lowest BCUT2D eigenvalue weighted by atomic mass is 9.88. The van der Waals surface area contributed by atoms with Gasteiger partial charge in [0.2, 0.25) is 0 Å². The van der Waals surface area contributed by atoms with Crippen LogP contribution in [0.5, 0.6) is 0 Å². The van der Waals surface area contributed by atoms with Gasteiger partial charge in [0.1, 0.15) is 0 Å². The third-order valence-corrected chi connectivity index (χ3v) is 5.04. The molecule has 0 rings (SSSR count). The van der Waals surface area contributed by atoms with Gasteiger partial charge in [0.05, 0.1) is 5.92 Å². The maximum Gasteiger partial charge on any atom is 0.306 e. The molecule has 2 nitrogen and oxygen atoms in total. The number of aliphatic carboxylic acids is 1. The summed E-state index contributed by atoms with van der Waals surface area (Å²) < 4.78 is 0. The standard InChI is InChI=1S/C10H18Br2O2/c1-3-7(2)9(10(13)14)5-4-8(12)6-11/h7-9H,3-6H2,1-2H3,(H,13,14). The highest BCUT2D eigenvalue weighted by Gasteiger charge is 2.23. The summed E-state index contributed by atoms with van der Waals surface area (Å²) in [7, 11) is 0. The van der Waals surface area contributed by atoms with Gasteiger partial charge in [0.15, 0.2) is 0 Å². The number of hydrogen-bond donors (Lipinski definition) is 1. The van der Waals surface area contributed by atoms with Crippen molar-refractivity contribution in [2.24, 2.45) is 11.8 Å². The summed E-state index contributed by atoms with van der Waals surface area (Å²) in [6.07, 6.45) is 2.59. The van der Waals surface area contributed by atoms with Gasteiger partial charge in [-0.15, -0.1) is 0 Å². The summed E-state index contributed by atoms with van der Waals surface area (Å²) in [6.45, 7) is 4.05. The normalized spacial score (nSPS) is 17.4. The molecular formula is C10H18Br2O2. The summed E-state index contributed by atoms with van der Waals surface area (Å²) in [5, 5.41) is 9.91. The van der Waals surface area contributed by atoms with E-state index in [1.807, 2.05) is 13.8 Å². The summed E-state index contributed by atoms with van der Waals surface area (Å²) in [5.41, 5.74) is 0. The molecule has 0 heterocycles. The fraction of sp³-hybridized carbons (Fsp3) is 0.900. The first kappa shape index (κ1) is 14.4. The van der Waals surface area contributed by atoms with E-state index in [0.717, 1.165) is 24.6 Å². The predicted molar refractivity (Wildman–Crippen MR) is 66.3 cm³/mol. The fourth-order valence-electron chi connectivity index (χ4n) is 1.37. The number of carboxylic acid groups (broad SMARTS) is 1. The summed E-state index contributed by atoms with van der Waals surface area (Å²) in [4.78, 5) is 11.4. The highest BCUT2D eigenvalue weighted by atomic mass is 79.9. The van der Waals surface area contributed by atoms with Crippen molar-refractivity contribution in [2.75, 3.05) is 5.33 Å². The first-order valence-electron chi connectivity index (χ1n) is 4.95. The number of alkyl halides is 2. The molecule has 0 aliphatic rings. The molecule has 0 radical (unpaired) electrons. The van der Waals surface area contributed by atoms with Crippen LogP contribution < -0.4 is 0 Å². The SMILES string of the molecule is CCC(C)C(CCC(Br)CBr)C(=O)O. The summed E-state index contributed by atoms with van der Waals surface area (Å²) >= 11 is 6.85. The van der Waals surface area contributed by atoms with E-state index in [9.17, 15) is 4.79 Å². The molecule has 4 heteroatoms. The minimum Gasteiger partial charge on any atom is -0.481 e. The molecule has 3 atom stereocenters. The summed E-state index contributed by atoms with van der Waals surface area (Å²) in [5.74, 6) is -0.588. The van der Waals surface area contributed by atoms with Gasteiger partial charge >= 0.3 is 5.97 Å². The van der Waals surface area contributed by atoms with Gasteiger partial charge < -0.3 is 5.11 Å². The van der Waals surface area contributed by atoms with Gasteiger partial charge in [-0.05, 0) is 18.8 Å². The second-order valence-corrected chi connectivity index (χ2v) is 5.60. The maximum atomic E-state index is 11.0. The lowest BCUT2D eigenvalue weighted by Gasteiger charge is -2.19. The predicted octanol–water partition coefficient (Wildman–Crippen LogP) is 3.67. The molecular weight excluding hydrogens is 312 g/mol. The average molecular weight is 330 g/mol. The Kier molecular flexibility index (Phi) is 7.92. The van der Waals surface area contributed by atoms with Crippen molar-refractivity contribution in [3.8, 4) is 0 Å². The molecule has 0 amide bonds. The third kappa shape index (κ3) is 5.35. The van der Waals surface area contributed by atoms with E-state index in [-0.39, 0.29) is 11.8 Å². The molecule has 0 aromatic heterocycles. The third-order valence-electron chi connectivity index (χ3n) is 2.61. The smallest absolute Gasteiger partial charge is 0.306 e. The van der Waals surface area contributed by atoms with Gasteiger partial charge in [-0.3, -0.25) is 4.79 Å². The van der Waals surface area contributed by atoms with Crippen LogP contribution in [0.1, 0.15) is 33.1 Å². The molecule has 0 bridgehead atoms. The molecule has 14 heavy (non-hydrogen) atoms. The Hall–Kier alpha value is 0.430. The lowest BCUT2D eigenvalue weighted by Crippen LogP contribution is -2.22. The lowest BCUT2D eigenvalue weighted by molar-refractivity contribution is -0.143. The van der Waals surface area contributed by atoms with Crippen LogP contribution in [0.2, 0.25) is 0 Å². The Morgan fingerprint density at radius 1 is 1.43 bits per heavy atom. The second kappa shape index (κ2) is 7.69.